The molecule has 0 aliphatic rings. The van der Waals surface area contributed by atoms with Gasteiger partial charge in [-0.3, -0.25) is 9.78 Å². The third-order valence-corrected chi connectivity index (χ3v) is 5.41. The van der Waals surface area contributed by atoms with Crippen LogP contribution in [0.15, 0.2) is 67.3 Å². The average molecular weight is 501 g/mol. The number of benzene rings is 2. The molecule has 1 amide bonds. The zero-order valence-electron chi connectivity index (χ0n) is 18.6. The molecule has 2 aromatic heterocycles. The summed E-state index contributed by atoms with van der Waals surface area (Å²) in [6.07, 6.45) is 1.34. The number of halogens is 4. The van der Waals surface area contributed by atoms with Gasteiger partial charge >= 0.3 is 6.18 Å². The van der Waals surface area contributed by atoms with E-state index in [1.165, 1.54) is 35.4 Å². The number of carbonyl (C=O) groups excluding carboxylic acids is 1. The number of nitrogens with one attached hydrogen (secondary N) is 2. The third-order valence-electron chi connectivity index (χ3n) is 5.23. The van der Waals surface area contributed by atoms with Crippen LogP contribution < -0.4 is 10.6 Å². The summed E-state index contributed by atoms with van der Waals surface area (Å²) in [4.78, 5) is 25.1. The maximum absolute atomic E-state index is 13.5. The Balaban J connectivity index is 1.58. The van der Waals surface area contributed by atoms with Crippen molar-refractivity contribution < 1.29 is 18.0 Å². The zero-order valence-corrected chi connectivity index (χ0v) is 19.4. The molecule has 2 N–H and O–H groups in total. The van der Waals surface area contributed by atoms with Crippen LogP contribution in [0.1, 0.15) is 40.3 Å². The second kappa shape index (κ2) is 9.75. The summed E-state index contributed by atoms with van der Waals surface area (Å²) in [5.41, 5.74) is 0.366. The SMILES string of the molecule is Cc1nccn1-c1cc(C(=O)Nc2cccc([C@H](C)Nc3cncc(Cl)n3)c2)cc(C(F)(F)F)c1. The Morgan fingerprint density at radius 2 is 1.94 bits per heavy atom. The first-order valence-electron chi connectivity index (χ1n) is 10.5. The van der Waals surface area contributed by atoms with Gasteiger partial charge in [-0.2, -0.15) is 13.2 Å². The summed E-state index contributed by atoms with van der Waals surface area (Å²) in [6.45, 7) is 3.55. The van der Waals surface area contributed by atoms with E-state index >= 15 is 0 Å². The van der Waals surface area contributed by atoms with E-state index in [4.69, 9.17) is 11.6 Å². The minimum Gasteiger partial charge on any atom is -0.362 e. The summed E-state index contributed by atoms with van der Waals surface area (Å²) in [5, 5.41) is 6.09. The van der Waals surface area contributed by atoms with Crippen molar-refractivity contribution in [3.05, 3.63) is 94.9 Å². The van der Waals surface area contributed by atoms with Crippen molar-refractivity contribution in [3.63, 3.8) is 0 Å². The first-order chi connectivity index (χ1) is 16.6. The Bertz CT molecular complexity index is 1370. The lowest BCUT2D eigenvalue weighted by atomic mass is 10.1. The second-order valence-corrected chi connectivity index (χ2v) is 8.17. The van der Waals surface area contributed by atoms with Crippen molar-refractivity contribution in [2.45, 2.75) is 26.1 Å². The predicted molar refractivity (Wildman–Crippen MR) is 127 cm³/mol. The maximum atomic E-state index is 13.5. The van der Waals surface area contributed by atoms with Crippen LogP contribution in [-0.4, -0.2) is 25.4 Å². The monoisotopic (exact) mass is 500 g/mol. The molecule has 180 valence electrons. The third kappa shape index (κ3) is 5.78. The van der Waals surface area contributed by atoms with Gasteiger partial charge in [0.05, 0.1) is 24.0 Å². The summed E-state index contributed by atoms with van der Waals surface area (Å²) < 4.78 is 42.1. The molecule has 0 unspecified atom stereocenters. The molecular formula is C24H20ClF3N6O. The number of alkyl halides is 3. The smallest absolute Gasteiger partial charge is 0.362 e. The number of hydrogen-bond acceptors (Lipinski definition) is 5. The quantitative estimate of drug-likeness (QED) is 0.336. The lowest BCUT2D eigenvalue weighted by Gasteiger charge is -2.17. The highest BCUT2D eigenvalue weighted by Gasteiger charge is 2.32. The highest BCUT2D eigenvalue weighted by molar-refractivity contribution is 6.29. The van der Waals surface area contributed by atoms with E-state index in [0.717, 1.165) is 17.7 Å². The molecule has 0 saturated carbocycles. The minimum atomic E-state index is -4.62. The number of carbonyl (C=O) groups is 1. The molecule has 0 fully saturated rings. The summed E-state index contributed by atoms with van der Waals surface area (Å²) in [5.74, 6) is 0.300. The molecule has 1 atom stereocenters. The molecule has 0 bridgehead atoms. The fourth-order valence-corrected chi connectivity index (χ4v) is 3.65. The van der Waals surface area contributed by atoms with Crippen molar-refractivity contribution in [2.75, 3.05) is 10.6 Å². The largest absolute Gasteiger partial charge is 0.416 e. The number of aromatic nitrogens is 4. The van der Waals surface area contributed by atoms with Crippen molar-refractivity contribution in [1.82, 2.24) is 19.5 Å². The Morgan fingerprint density at radius 1 is 1.14 bits per heavy atom. The van der Waals surface area contributed by atoms with E-state index in [0.29, 0.717) is 17.3 Å². The molecule has 0 aliphatic heterocycles. The van der Waals surface area contributed by atoms with Gasteiger partial charge in [0.25, 0.3) is 5.91 Å². The Hall–Kier alpha value is -3.92. The molecule has 7 nitrogen and oxygen atoms in total. The molecule has 0 aliphatic carbocycles. The number of anilines is 2. The van der Waals surface area contributed by atoms with Gasteiger partial charge in [0.2, 0.25) is 0 Å². The highest BCUT2D eigenvalue weighted by Crippen LogP contribution is 2.32. The van der Waals surface area contributed by atoms with E-state index in [1.54, 1.807) is 25.1 Å². The molecule has 0 spiro atoms. The van der Waals surface area contributed by atoms with Crippen LogP contribution >= 0.6 is 11.6 Å². The first kappa shape index (κ1) is 24.2. The maximum Gasteiger partial charge on any atom is 0.416 e. The summed E-state index contributed by atoms with van der Waals surface area (Å²) >= 11 is 5.87. The Morgan fingerprint density at radius 3 is 2.63 bits per heavy atom. The minimum absolute atomic E-state index is 0.131. The molecule has 2 aromatic carbocycles. The van der Waals surface area contributed by atoms with E-state index in [-0.39, 0.29) is 22.4 Å². The summed E-state index contributed by atoms with van der Waals surface area (Å²) in [7, 11) is 0. The molecular weight excluding hydrogens is 481 g/mol. The average Bonchev–Trinajstić information content (AvgIpc) is 3.24. The fourth-order valence-electron chi connectivity index (χ4n) is 3.50. The van der Waals surface area contributed by atoms with E-state index in [9.17, 15) is 18.0 Å². The van der Waals surface area contributed by atoms with Gasteiger partial charge in [0.15, 0.2) is 0 Å². The number of rotatable bonds is 6. The van der Waals surface area contributed by atoms with Gasteiger partial charge in [-0.15, -0.1) is 0 Å². The number of imidazole rings is 1. The molecule has 0 radical (unpaired) electrons. The molecule has 2 heterocycles. The Kier molecular flexibility index (Phi) is 6.74. The molecule has 35 heavy (non-hydrogen) atoms. The van der Waals surface area contributed by atoms with Crippen molar-refractivity contribution in [3.8, 4) is 5.69 Å². The Labute approximate surface area is 204 Å². The van der Waals surface area contributed by atoms with Crippen molar-refractivity contribution in [2.24, 2.45) is 0 Å². The van der Waals surface area contributed by atoms with Crippen LogP contribution in [0, 0.1) is 6.92 Å². The van der Waals surface area contributed by atoms with E-state index in [2.05, 4.69) is 25.6 Å². The van der Waals surface area contributed by atoms with Gasteiger partial charge in [-0.1, -0.05) is 23.7 Å². The fraction of sp³-hybridized carbons (Fsp3) is 0.167. The standard InChI is InChI=1S/C24H20ClF3N6O/c1-14(31-22-13-29-12-21(25)33-22)16-4-3-5-19(9-16)32-23(35)17-8-18(24(26,27)28)11-20(10-17)34-7-6-30-15(34)2/h3-14H,1-2H3,(H,31,33)(H,32,35)/t14-/m0/s1. The number of aryl methyl sites for hydroxylation is 1. The van der Waals surface area contributed by atoms with Crippen LogP contribution in [0.4, 0.5) is 24.7 Å². The molecule has 0 saturated heterocycles. The van der Waals surface area contributed by atoms with Gasteiger partial charge < -0.3 is 15.2 Å². The van der Waals surface area contributed by atoms with Gasteiger partial charge in [0.1, 0.15) is 16.8 Å². The molecule has 4 rings (SSSR count). The van der Waals surface area contributed by atoms with Crippen LogP contribution in [-0.2, 0) is 6.18 Å². The zero-order chi connectivity index (χ0) is 25.2. The van der Waals surface area contributed by atoms with Gasteiger partial charge in [0, 0.05) is 29.3 Å². The van der Waals surface area contributed by atoms with Crippen LogP contribution in [0.25, 0.3) is 5.69 Å². The highest BCUT2D eigenvalue weighted by atomic mass is 35.5. The lowest BCUT2D eigenvalue weighted by molar-refractivity contribution is -0.137. The normalized spacial score (nSPS) is 12.3. The predicted octanol–water partition coefficient (Wildman–Crippen LogP) is 6.07. The van der Waals surface area contributed by atoms with Gasteiger partial charge in [-0.25, -0.2) is 9.97 Å². The summed E-state index contributed by atoms with van der Waals surface area (Å²) in [6, 6.07) is 9.95. The number of amides is 1. The van der Waals surface area contributed by atoms with Crippen molar-refractivity contribution in [1.29, 1.82) is 0 Å². The number of nitrogens with zero attached hydrogens (tertiary/aromatic N) is 4. The van der Waals surface area contributed by atoms with Crippen LogP contribution in [0.3, 0.4) is 0 Å². The number of hydrogen-bond donors (Lipinski definition) is 2. The topological polar surface area (TPSA) is 84.7 Å². The van der Waals surface area contributed by atoms with E-state index < -0.39 is 17.6 Å². The lowest BCUT2D eigenvalue weighted by Crippen LogP contribution is -2.16. The first-order valence-corrected chi connectivity index (χ1v) is 10.9. The van der Waals surface area contributed by atoms with Crippen LogP contribution in [0.5, 0.6) is 0 Å². The second-order valence-electron chi connectivity index (χ2n) is 7.78. The molecule has 4 aromatic rings. The van der Waals surface area contributed by atoms with Crippen LogP contribution in [0.2, 0.25) is 5.15 Å². The van der Waals surface area contributed by atoms with E-state index in [1.807, 2.05) is 13.0 Å². The molecule has 11 heteroatoms. The van der Waals surface area contributed by atoms with Gasteiger partial charge in [-0.05, 0) is 49.7 Å². The van der Waals surface area contributed by atoms with Crippen molar-refractivity contribution >= 4 is 29.0 Å².